The number of carbonyl (C=O) groups excluding carboxylic acids is 2. The van der Waals surface area contributed by atoms with Crippen molar-refractivity contribution < 1.29 is 9.59 Å². The maximum atomic E-state index is 11.5. The Bertz CT molecular complexity index is 413. The summed E-state index contributed by atoms with van der Waals surface area (Å²) in [5, 5.41) is 5.89. The molecular formula is C15H22N2O2. The van der Waals surface area contributed by atoms with Gasteiger partial charge in [-0.2, -0.15) is 0 Å². The highest BCUT2D eigenvalue weighted by atomic mass is 16.1. The van der Waals surface area contributed by atoms with E-state index < -0.39 is 0 Å². The first kappa shape index (κ1) is 15.2. The molecule has 0 heterocycles. The molecule has 0 spiro atoms. The zero-order valence-corrected chi connectivity index (χ0v) is 11.7. The average molecular weight is 262 g/mol. The molecule has 0 aliphatic rings. The molecular weight excluding hydrogens is 240 g/mol. The predicted molar refractivity (Wildman–Crippen MR) is 77.5 cm³/mol. The maximum Gasteiger partial charge on any atom is 0.239 e. The second kappa shape index (κ2) is 8.29. The second-order valence-electron chi connectivity index (χ2n) is 4.54. The van der Waals surface area contributed by atoms with Crippen LogP contribution >= 0.6 is 0 Å². The molecule has 0 fully saturated rings. The van der Waals surface area contributed by atoms with Gasteiger partial charge in [0.15, 0.2) is 5.78 Å². The minimum absolute atomic E-state index is 0.00764. The molecule has 0 aliphatic carbocycles. The van der Waals surface area contributed by atoms with Crippen LogP contribution in [0.3, 0.4) is 0 Å². The lowest BCUT2D eigenvalue weighted by atomic mass is 10.1. The molecule has 0 saturated carbocycles. The van der Waals surface area contributed by atoms with Crippen molar-refractivity contribution in [1.82, 2.24) is 5.32 Å². The van der Waals surface area contributed by atoms with Crippen molar-refractivity contribution >= 4 is 17.4 Å². The molecule has 0 saturated heterocycles. The van der Waals surface area contributed by atoms with Crippen LogP contribution in [0.2, 0.25) is 0 Å². The van der Waals surface area contributed by atoms with E-state index in [2.05, 4.69) is 17.6 Å². The smallest absolute Gasteiger partial charge is 0.239 e. The molecule has 4 nitrogen and oxygen atoms in total. The van der Waals surface area contributed by atoms with E-state index in [9.17, 15) is 9.59 Å². The van der Waals surface area contributed by atoms with Gasteiger partial charge in [0.2, 0.25) is 5.91 Å². The molecule has 0 aliphatic heterocycles. The van der Waals surface area contributed by atoms with E-state index in [-0.39, 0.29) is 18.2 Å². The lowest BCUT2D eigenvalue weighted by molar-refractivity contribution is -0.119. The Morgan fingerprint density at radius 1 is 1.11 bits per heavy atom. The molecule has 1 amide bonds. The SMILES string of the molecule is CCCCCNC(=O)CNc1ccc(C(C)=O)cc1. The van der Waals surface area contributed by atoms with Crippen molar-refractivity contribution in [2.45, 2.75) is 33.1 Å². The topological polar surface area (TPSA) is 58.2 Å². The summed E-state index contributed by atoms with van der Waals surface area (Å²) in [6.07, 6.45) is 3.31. The van der Waals surface area contributed by atoms with E-state index in [0.29, 0.717) is 5.56 Å². The summed E-state index contributed by atoms with van der Waals surface area (Å²) in [5.41, 5.74) is 1.52. The van der Waals surface area contributed by atoms with E-state index in [1.165, 1.54) is 6.92 Å². The number of amides is 1. The quantitative estimate of drug-likeness (QED) is 0.559. The summed E-state index contributed by atoms with van der Waals surface area (Å²) in [5.74, 6) is 0.0342. The number of anilines is 1. The van der Waals surface area contributed by atoms with Gasteiger partial charge in [-0.3, -0.25) is 9.59 Å². The molecule has 1 aromatic rings. The van der Waals surface area contributed by atoms with Crippen LogP contribution in [-0.4, -0.2) is 24.8 Å². The number of hydrogen-bond acceptors (Lipinski definition) is 3. The van der Waals surface area contributed by atoms with Gasteiger partial charge in [-0.15, -0.1) is 0 Å². The molecule has 1 rings (SSSR count). The summed E-state index contributed by atoms with van der Waals surface area (Å²) in [6.45, 7) is 4.66. The Hall–Kier alpha value is -1.84. The Labute approximate surface area is 114 Å². The number of benzene rings is 1. The Kier molecular flexibility index (Phi) is 6.64. The molecule has 2 N–H and O–H groups in total. The highest BCUT2D eigenvalue weighted by molar-refractivity contribution is 5.94. The first-order valence-corrected chi connectivity index (χ1v) is 6.75. The van der Waals surface area contributed by atoms with Crippen molar-refractivity contribution in [2.24, 2.45) is 0 Å². The van der Waals surface area contributed by atoms with Crippen LogP contribution in [0.4, 0.5) is 5.69 Å². The number of rotatable bonds is 8. The molecule has 0 aromatic heterocycles. The van der Waals surface area contributed by atoms with E-state index in [1.807, 2.05) is 0 Å². The van der Waals surface area contributed by atoms with E-state index in [0.717, 1.165) is 31.5 Å². The number of nitrogens with one attached hydrogen (secondary N) is 2. The standard InChI is InChI=1S/C15H22N2O2/c1-3-4-5-10-16-15(19)11-17-14-8-6-13(7-9-14)12(2)18/h6-9,17H,3-5,10-11H2,1-2H3,(H,16,19). The van der Waals surface area contributed by atoms with Gasteiger partial charge < -0.3 is 10.6 Å². The molecule has 104 valence electrons. The molecule has 19 heavy (non-hydrogen) atoms. The van der Waals surface area contributed by atoms with Gasteiger partial charge in [-0.1, -0.05) is 19.8 Å². The van der Waals surface area contributed by atoms with Crippen LogP contribution in [0.5, 0.6) is 0 Å². The number of unbranched alkanes of at least 4 members (excludes halogenated alkanes) is 2. The number of Topliss-reactive ketones (excluding diaryl/α,β-unsaturated/α-hetero) is 1. The fourth-order valence-corrected chi connectivity index (χ4v) is 1.67. The minimum Gasteiger partial charge on any atom is -0.376 e. The molecule has 0 atom stereocenters. The van der Waals surface area contributed by atoms with Crippen molar-refractivity contribution in [2.75, 3.05) is 18.4 Å². The lowest BCUT2D eigenvalue weighted by Gasteiger charge is -2.08. The normalized spacial score (nSPS) is 10.0. The van der Waals surface area contributed by atoms with E-state index in [1.54, 1.807) is 24.3 Å². The minimum atomic E-state index is -0.00764. The molecule has 0 radical (unpaired) electrons. The number of hydrogen-bond donors (Lipinski definition) is 2. The Balaban J connectivity index is 2.28. The Morgan fingerprint density at radius 2 is 1.79 bits per heavy atom. The summed E-state index contributed by atoms with van der Waals surface area (Å²) >= 11 is 0. The van der Waals surface area contributed by atoms with Gasteiger partial charge in [0.05, 0.1) is 6.54 Å². The van der Waals surface area contributed by atoms with Gasteiger partial charge >= 0.3 is 0 Å². The zero-order chi connectivity index (χ0) is 14.1. The fourth-order valence-electron chi connectivity index (χ4n) is 1.67. The summed E-state index contributed by atoms with van der Waals surface area (Å²) in [6, 6.07) is 7.12. The lowest BCUT2D eigenvalue weighted by Crippen LogP contribution is -2.30. The highest BCUT2D eigenvalue weighted by Crippen LogP contribution is 2.09. The van der Waals surface area contributed by atoms with Crippen LogP contribution in [0, 0.1) is 0 Å². The van der Waals surface area contributed by atoms with Crippen LogP contribution in [0.15, 0.2) is 24.3 Å². The van der Waals surface area contributed by atoms with Crippen LogP contribution < -0.4 is 10.6 Å². The summed E-state index contributed by atoms with van der Waals surface area (Å²) in [4.78, 5) is 22.6. The van der Waals surface area contributed by atoms with Gasteiger partial charge in [0.25, 0.3) is 0 Å². The molecule has 0 unspecified atom stereocenters. The van der Waals surface area contributed by atoms with Crippen LogP contribution in [0.1, 0.15) is 43.5 Å². The third-order valence-corrected chi connectivity index (χ3v) is 2.85. The van der Waals surface area contributed by atoms with E-state index in [4.69, 9.17) is 0 Å². The fraction of sp³-hybridized carbons (Fsp3) is 0.467. The monoisotopic (exact) mass is 262 g/mol. The molecule has 4 heteroatoms. The van der Waals surface area contributed by atoms with Crippen LogP contribution in [-0.2, 0) is 4.79 Å². The van der Waals surface area contributed by atoms with Gasteiger partial charge in [-0.05, 0) is 37.6 Å². The van der Waals surface area contributed by atoms with Crippen molar-refractivity contribution in [3.05, 3.63) is 29.8 Å². The van der Waals surface area contributed by atoms with Gasteiger partial charge in [0, 0.05) is 17.8 Å². The van der Waals surface area contributed by atoms with Crippen LogP contribution in [0.25, 0.3) is 0 Å². The highest BCUT2D eigenvalue weighted by Gasteiger charge is 2.01. The third kappa shape index (κ3) is 6.04. The first-order chi connectivity index (χ1) is 9.13. The number of ketones is 1. The maximum absolute atomic E-state index is 11.5. The van der Waals surface area contributed by atoms with E-state index >= 15 is 0 Å². The predicted octanol–water partition coefficient (Wildman–Crippen LogP) is 2.61. The number of carbonyl (C=O) groups is 2. The zero-order valence-electron chi connectivity index (χ0n) is 11.7. The molecule has 0 bridgehead atoms. The van der Waals surface area contributed by atoms with Crippen molar-refractivity contribution in [3.8, 4) is 0 Å². The second-order valence-corrected chi connectivity index (χ2v) is 4.54. The van der Waals surface area contributed by atoms with Gasteiger partial charge in [-0.25, -0.2) is 0 Å². The third-order valence-electron chi connectivity index (χ3n) is 2.85. The Morgan fingerprint density at radius 3 is 2.37 bits per heavy atom. The summed E-state index contributed by atoms with van der Waals surface area (Å²) < 4.78 is 0. The average Bonchev–Trinajstić information content (AvgIpc) is 2.42. The van der Waals surface area contributed by atoms with Crippen molar-refractivity contribution in [3.63, 3.8) is 0 Å². The molecule has 1 aromatic carbocycles. The van der Waals surface area contributed by atoms with Crippen molar-refractivity contribution in [1.29, 1.82) is 0 Å². The summed E-state index contributed by atoms with van der Waals surface area (Å²) in [7, 11) is 0. The van der Waals surface area contributed by atoms with Gasteiger partial charge in [0.1, 0.15) is 0 Å². The first-order valence-electron chi connectivity index (χ1n) is 6.75. The largest absolute Gasteiger partial charge is 0.376 e.